The number of aryl methyl sites for hydroxylation is 1. The highest BCUT2D eigenvalue weighted by Gasteiger charge is 2.15. The summed E-state index contributed by atoms with van der Waals surface area (Å²) in [5.74, 6) is 0.837. The molecule has 1 aromatic carbocycles. The van der Waals surface area contributed by atoms with E-state index in [1.54, 1.807) is 11.3 Å². The topological polar surface area (TPSA) is 39.7 Å². The molecule has 1 atom stereocenters. The Morgan fingerprint density at radius 2 is 1.84 bits per heavy atom. The predicted octanol–water partition coefficient (Wildman–Crippen LogP) is 3.90. The van der Waals surface area contributed by atoms with E-state index in [0.717, 1.165) is 25.5 Å². The molecule has 0 spiro atoms. The van der Waals surface area contributed by atoms with E-state index in [1.165, 1.54) is 16.0 Å². The first-order chi connectivity index (χ1) is 11.7. The zero-order valence-corrected chi connectivity index (χ0v) is 18.6. The molecule has 1 heterocycles. The first-order valence-corrected chi connectivity index (χ1v) is 9.24. The number of thiophene rings is 1. The van der Waals surface area contributed by atoms with E-state index in [9.17, 15) is 0 Å². The Labute approximate surface area is 172 Å². The van der Waals surface area contributed by atoms with Gasteiger partial charge in [0.1, 0.15) is 0 Å². The zero-order valence-electron chi connectivity index (χ0n) is 15.5. The van der Waals surface area contributed by atoms with Crippen LogP contribution in [0, 0.1) is 0 Å². The third kappa shape index (κ3) is 6.60. The normalized spacial score (nSPS) is 12.6. The van der Waals surface area contributed by atoms with Crippen molar-refractivity contribution >= 4 is 41.3 Å². The smallest absolute Gasteiger partial charge is 0.191 e. The molecule has 0 amide bonds. The SMILES string of the molecule is CCc1ccccc1CNC(=NC)NCC(c1cccs1)N(C)C.I. The largest absolute Gasteiger partial charge is 0.354 e. The van der Waals surface area contributed by atoms with Crippen LogP contribution in [0.5, 0.6) is 0 Å². The van der Waals surface area contributed by atoms with Gasteiger partial charge in [-0.2, -0.15) is 0 Å². The Bertz CT molecular complexity index is 641. The molecule has 0 aliphatic rings. The van der Waals surface area contributed by atoms with E-state index in [4.69, 9.17) is 0 Å². The molecule has 0 saturated heterocycles. The summed E-state index contributed by atoms with van der Waals surface area (Å²) < 4.78 is 0. The molecule has 0 fully saturated rings. The van der Waals surface area contributed by atoms with Gasteiger partial charge in [0.2, 0.25) is 0 Å². The second-order valence-electron chi connectivity index (χ2n) is 5.92. The summed E-state index contributed by atoms with van der Waals surface area (Å²) in [6, 6.07) is 13.2. The van der Waals surface area contributed by atoms with Crippen LogP contribution in [0.2, 0.25) is 0 Å². The van der Waals surface area contributed by atoms with Crippen LogP contribution in [0.4, 0.5) is 0 Å². The van der Waals surface area contributed by atoms with Crippen molar-refractivity contribution in [3.63, 3.8) is 0 Å². The van der Waals surface area contributed by atoms with Crippen LogP contribution in [0.25, 0.3) is 0 Å². The monoisotopic (exact) mass is 472 g/mol. The minimum absolute atomic E-state index is 0. The Hall–Kier alpha value is -1.12. The fourth-order valence-corrected chi connectivity index (χ4v) is 3.61. The van der Waals surface area contributed by atoms with Crippen molar-refractivity contribution < 1.29 is 0 Å². The Morgan fingerprint density at radius 1 is 1.12 bits per heavy atom. The minimum Gasteiger partial charge on any atom is -0.354 e. The lowest BCUT2D eigenvalue weighted by Gasteiger charge is -2.24. The number of hydrogen-bond donors (Lipinski definition) is 2. The molecule has 0 radical (unpaired) electrons. The predicted molar refractivity (Wildman–Crippen MR) is 120 cm³/mol. The van der Waals surface area contributed by atoms with Crippen molar-refractivity contribution in [2.45, 2.75) is 25.9 Å². The van der Waals surface area contributed by atoms with Gasteiger partial charge in [-0.3, -0.25) is 4.99 Å². The second-order valence-corrected chi connectivity index (χ2v) is 6.90. The molecule has 138 valence electrons. The number of rotatable bonds is 7. The maximum Gasteiger partial charge on any atom is 0.191 e. The molecular formula is C19H29IN4S. The summed E-state index contributed by atoms with van der Waals surface area (Å²) in [6.07, 6.45) is 1.05. The highest BCUT2D eigenvalue weighted by atomic mass is 127. The molecule has 4 nitrogen and oxygen atoms in total. The molecule has 2 rings (SSSR count). The molecule has 2 N–H and O–H groups in total. The van der Waals surface area contributed by atoms with Crippen LogP contribution in [-0.4, -0.2) is 38.5 Å². The van der Waals surface area contributed by atoms with Gasteiger partial charge in [0.05, 0.1) is 6.04 Å². The molecule has 0 bridgehead atoms. The second kappa shape index (κ2) is 11.5. The lowest BCUT2D eigenvalue weighted by Crippen LogP contribution is -2.41. The molecule has 1 aromatic heterocycles. The third-order valence-corrected chi connectivity index (χ3v) is 5.10. The van der Waals surface area contributed by atoms with Gasteiger partial charge in [-0.05, 0) is 43.1 Å². The number of benzene rings is 1. The first-order valence-electron chi connectivity index (χ1n) is 8.36. The van der Waals surface area contributed by atoms with Crippen LogP contribution < -0.4 is 10.6 Å². The number of guanidine groups is 1. The standard InChI is InChI=1S/C19H28N4S.HI/c1-5-15-9-6-7-10-16(15)13-21-19(20-2)22-14-17(23(3)4)18-11-8-12-24-18;/h6-12,17H,5,13-14H2,1-4H3,(H2,20,21,22);1H. The van der Waals surface area contributed by atoms with Gasteiger partial charge in [-0.25, -0.2) is 0 Å². The van der Waals surface area contributed by atoms with E-state index in [1.807, 2.05) is 7.05 Å². The number of likely N-dealkylation sites (N-methyl/N-ethyl adjacent to an activating group) is 1. The van der Waals surface area contributed by atoms with Gasteiger partial charge in [0, 0.05) is 25.0 Å². The van der Waals surface area contributed by atoms with Crippen molar-refractivity contribution in [1.29, 1.82) is 0 Å². The molecule has 0 aliphatic heterocycles. The third-order valence-electron chi connectivity index (χ3n) is 4.13. The highest BCUT2D eigenvalue weighted by Crippen LogP contribution is 2.22. The van der Waals surface area contributed by atoms with Crippen molar-refractivity contribution in [1.82, 2.24) is 15.5 Å². The number of aliphatic imine (C=N–C) groups is 1. The summed E-state index contributed by atoms with van der Waals surface area (Å²) >= 11 is 1.79. The fraction of sp³-hybridized carbons (Fsp3) is 0.421. The van der Waals surface area contributed by atoms with E-state index < -0.39 is 0 Å². The number of halogens is 1. The number of hydrogen-bond acceptors (Lipinski definition) is 3. The molecule has 0 saturated carbocycles. The lowest BCUT2D eigenvalue weighted by molar-refractivity contribution is 0.302. The zero-order chi connectivity index (χ0) is 17.4. The number of nitrogens with zero attached hydrogens (tertiary/aromatic N) is 2. The van der Waals surface area contributed by atoms with Gasteiger partial charge < -0.3 is 15.5 Å². The summed E-state index contributed by atoms with van der Waals surface area (Å²) in [5, 5.41) is 9.00. The molecule has 25 heavy (non-hydrogen) atoms. The van der Waals surface area contributed by atoms with Gasteiger partial charge in [0.15, 0.2) is 5.96 Å². The van der Waals surface area contributed by atoms with Crippen LogP contribution in [0.15, 0.2) is 46.8 Å². The molecule has 0 aliphatic carbocycles. The van der Waals surface area contributed by atoms with Crippen molar-refractivity contribution in [2.24, 2.45) is 4.99 Å². The van der Waals surface area contributed by atoms with E-state index in [2.05, 4.69) is 83.3 Å². The van der Waals surface area contributed by atoms with Gasteiger partial charge in [-0.15, -0.1) is 35.3 Å². The summed E-state index contributed by atoms with van der Waals surface area (Å²) in [5.41, 5.74) is 2.70. The summed E-state index contributed by atoms with van der Waals surface area (Å²) in [6.45, 7) is 3.80. The van der Waals surface area contributed by atoms with Crippen molar-refractivity contribution in [3.8, 4) is 0 Å². The summed E-state index contributed by atoms with van der Waals surface area (Å²) in [7, 11) is 6.04. The Balaban J connectivity index is 0.00000312. The molecular weight excluding hydrogens is 443 g/mol. The van der Waals surface area contributed by atoms with E-state index >= 15 is 0 Å². The summed E-state index contributed by atoms with van der Waals surface area (Å²) in [4.78, 5) is 7.95. The Morgan fingerprint density at radius 3 is 2.40 bits per heavy atom. The van der Waals surface area contributed by atoms with Crippen LogP contribution >= 0.6 is 35.3 Å². The van der Waals surface area contributed by atoms with Crippen LogP contribution in [-0.2, 0) is 13.0 Å². The lowest BCUT2D eigenvalue weighted by atomic mass is 10.1. The quantitative estimate of drug-likeness (QED) is 0.365. The van der Waals surface area contributed by atoms with Gasteiger partial charge in [-0.1, -0.05) is 37.3 Å². The number of nitrogens with one attached hydrogen (secondary N) is 2. The first kappa shape index (κ1) is 21.9. The van der Waals surface area contributed by atoms with E-state index in [-0.39, 0.29) is 24.0 Å². The molecule has 2 aromatic rings. The van der Waals surface area contributed by atoms with Crippen molar-refractivity contribution in [2.75, 3.05) is 27.7 Å². The molecule has 6 heteroatoms. The fourth-order valence-electron chi connectivity index (χ4n) is 2.69. The highest BCUT2D eigenvalue weighted by molar-refractivity contribution is 14.0. The molecule has 1 unspecified atom stereocenters. The van der Waals surface area contributed by atoms with Gasteiger partial charge in [0.25, 0.3) is 0 Å². The average Bonchev–Trinajstić information content (AvgIpc) is 3.12. The minimum atomic E-state index is 0. The average molecular weight is 472 g/mol. The van der Waals surface area contributed by atoms with Crippen molar-refractivity contribution in [3.05, 3.63) is 57.8 Å². The van der Waals surface area contributed by atoms with Crippen LogP contribution in [0.1, 0.15) is 29.0 Å². The van der Waals surface area contributed by atoms with E-state index in [0.29, 0.717) is 6.04 Å². The maximum absolute atomic E-state index is 4.35. The van der Waals surface area contributed by atoms with Gasteiger partial charge >= 0.3 is 0 Å². The maximum atomic E-state index is 4.35. The van der Waals surface area contributed by atoms with Crippen LogP contribution in [0.3, 0.4) is 0 Å². The Kier molecular flexibility index (Phi) is 10.1.